The Morgan fingerprint density at radius 1 is 1.62 bits per heavy atom. The van der Waals surface area contributed by atoms with Gasteiger partial charge in [-0.05, 0) is 11.4 Å². The fourth-order valence-electron chi connectivity index (χ4n) is 1.36. The summed E-state index contributed by atoms with van der Waals surface area (Å²) < 4.78 is 1.62. The Bertz CT molecular complexity index is 498. The number of hydrogen-bond donors (Lipinski definition) is 0. The number of thiophene rings is 1. The fraction of sp³-hybridized carbons (Fsp3) is 0.333. The van der Waals surface area contributed by atoms with Crippen molar-refractivity contribution in [2.24, 2.45) is 7.05 Å². The molecule has 13 heavy (non-hydrogen) atoms. The molecule has 0 aliphatic carbocycles. The summed E-state index contributed by atoms with van der Waals surface area (Å²) >= 11 is 1.52. The molecule has 4 heteroatoms. The van der Waals surface area contributed by atoms with Gasteiger partial charge in [0.05, 0.1) is 5.39 Å². The van der Waals surface area contributed by atoms with E-state index >= 15 is 0 Å². The maximum absolute atomic E-state index is 11.7. The molecule has 68 valence electrons. The van der Waals surface area contributed by atoms with E-state index in [0.29, 0.717) is 0 Å². The zero-order valence-electron chi connectivity index (χ0n) is 7.57. The van der Waals surface area contributed by atoms with Crippen LogP contribution >= 0.6 is 11.3 Å². The largest absolute Gasteiger partial charge is 0.299 e. The number of aryl methyl sites for hydroxylation is 1. The minimum Gasteiger partial charge on any atom is -0.299 e. The normalized spacial score (nSPS) is 10.9. The second-order valence-electron chi connectivity index (χ2n) is 2.89. The second-order valence-corrected chi connectivity index (χ2v) is 3.78. The average molecular weight is 194 g/mol. The van der Waals surface area contributed by atoms with E-state index in [1.807, 2.05) is 18.4 Å². The summed E-state index contributed by atoms with van der Waals surface area (Å²) in [6.45, 7) is 2.00. The first-order valence-electron chi connectivity index (χ1n) is 4.17. The number of fused-ring (bicyclic) bond motifs is 1. The van der Waals surface area contributed by atoms with Gasteiger partial charge in [-0.1, -0.05) is 6.92 Å². The van der Waals surface area contributed by atoms with Crippen LogP contribution in [0.4, 0.5) is 0 Å². The lowest BCUT2D eigenvalue weighted by Gasteiger charge is -2.03. The third kappa shape index (κ3) is 1.18. The van der Waals surface area contributed by atoms with Gasteiger partial charge in [-0.3, -0.25) is 9.36 Å². The molecule has 0 spiro atoms. The van der Waals surface area contributed by atoms with Gasteiger partial charge in [-0.25, -0.2) is 4.98 Å². The molecule has 0 radical (unpaired) electrons. The lowest BCUT2D eigenvalue weighted by Crippen LogP contribution is -2.21. The first kappa shape index (κ1) is 8.44. The Morgan fingerprint density at radius 2 is 2.38 bits per heavy atom. The molecule has 2 heterocycles. The van der Waals surface area contributed by atoms with Crippen LogP contribution in [0.25, 0.3) is 10.2 Å². The SMILES string of the molecule is CCc1nc2sccc2c(=O)n1C. The van der Waals surface area contributed by atoms with Crippen LogP contribution in [0.2, 0.25) is 0 Å². The number of aromatic nitrogens is 2. The van der Waals surface area contributed by atoms with Crippen molar-refractivity contribution in [3.63, 3.8) is 0 Å². The maximum Gasteiger partial charge on any atom is 0.261 e. The quantitative estimate of drug-likeness (QED) is 0.690. The lowest BCUT2D eigenvalue weighted by molar-refractivity contribution is 0.754. The van der Waals surface area contributed by atoms with E-state index in [1.54, 1.807) is 11.6 Å². The lowest BCUT2D eigenvalue weighted by atomic mass is 10.3. The molecule has 0 unspecified atom stereocenters. The van der Waals surface area contributed by atoms with Gasteiger partial charge < -0.3 is 0 Å². The third-order valence-electron chi connectivity index (χ3n) is 2.11. The van der Waals surface area contributed by atoms with E-state index in [1.165, 1.54) is 11.3 Å². The average Bonchev–Trinajstić information content (AvgIpc) is 2.59. The summed E-state index contributed by atoms with van der Waals surface area (Å²) in [5.41, 5.74) is 0.0584. The standard InChI is InChI=1S/C9H10N2OS/c1-3-7-10-8-6(4-5-13-8)9(12)11(7)2/h4-5H,3H2,1-2H3. The summed E-state index contributed by atoms with van der Waals surface area (Å²) in [7, 11) is 1.77. The minimum atomic E-state index is 0.0584. The first-order valence-corrected chi connectivity index (χ1v) is 5.05. The highest BCUT2D eigenvalue weighted by molar-refractivity contribution is 7.16. The van der Waals surface area contributed by atoms with Crippen LogP contribution < -0.4 is 5.56 Å². The molecule has 0 aliphatic heterocycles. The molecular formula is C9H10N2OS. The van der Waals surface area contributed by atoms with Crippen molar-refractivity contribution in [1.82, 2.24) is 9.55 Å². The van der Waals surface area contributed by atoms with Crippen molar-refractivity contribution in [2.75, 3.05) is 0 Å². The Balaban J connectivity index is 2.92. The highest BCUT2D eigenvalue weighted by Crippen LogP contribution is 2.14. The van der Waals surface area contributed by atoms with Gasteiger partial charge in [0.15, 0.2) is 0 Å². The van der Waals surface area contributed by atoms with Gasteiger partial charge in [0.25, 0.3) is 5.56 Å². The Labute approximate surface area is 79.7 Å². The topological polar surface area (TPSA) is 34.9 Å². The second kappa shape index (κ2) is 2.96. The minimum absolute atomic E-state index is 0.0584. The molecule has 0 saturated heterocycles. The van der Waals surface area contributed by atoms with Crippen molar-refractivity contribution >= 4 is 21.6 Å². The summed E-state index contributed by atoms with van der Waals surface area (Å²) in [5.74, 6) is 0.847. The van der Waals surface area contributed by atoms with E-state index in [4.69, 9.17) is 0 Å². The predicted molar refractivity (Wildman–Crippen MR) is 54.2 cm³/mol. The molecule has 0 bridgehead atoms. The van der Waals surface area contributed by atoms with Gasteiger partial charge in [-0.2, -0.15) is 0 Å². The molecule has 0 aliphatic rings. The van der Waals surface area contributed by atoms with Gasteiger partial charge in [0.1, 0.15) is 10.7 Å². The molecule has 2 aromatic rings. The molecular weight excluding hydrogens is 184 g/mol. The van der Waals surface area contributed by atoms with Gasteiger partial charge in [-0.15, -0.1) is 11.3 Å². The molecule has 2 rings (SSSR count). The van der Waals surface area contributed by atoms with Crippen LogP contribution in [-0.2, 0) is 13.5 Å². The summed E-state index contributed by atoms with van der Waals surface area (Å²) in [4.78, 5) is 16.9. The molecule has 0 fully saturated rings. The van der Waals surface area contributed by atoms with Crippen LogP contribution in [0, 0.1) is 0 Å². The van der Waals surface area contributed by atoms with Crippen molar-refractivity contribution in [2.45, 2.75) is 13.3 Å². The van der Waals surface area contributed by atoms with Crippen molar-refractivity contribution < 1.29 is 0 Å². The fourth-order valence-corrected chi connectivity index (χ4v) is 2.13. The van der Waals surface area contributed by atoms with Crippen LogP contribution in [0.5, 0.6) is 0 Å². The highest BCUT2D eigenvalue weighted by Gasteiger charge is 2.06. The summed E-state index contributed by atoms with van der Waals surface area (Å²) in [5, 5.41) is 2.63. The number of rotatable bonds is 1. The molecule has 2 aromatic heterocycles. The van der Waals surface area contributed by atoms with Crippen LogP contribution in [-0.4, -0.2) is 9.55 Å². The monoisotopic (exact) mass is 194 g/mol. The summed E-state index contributed by atoms with van der Waals surface area (Å²) in [6, 6.07) is 1.83. The Hall–Kier alpha value is -1.16. The third-order valence-corrected chi connectivity index (χ3v) is 2.92. The number of hydrogen-bond acceptors (Lipinski definition) is 3. The van der Waals surface area contributed by atoms with Crippen molar-refractivity contribution in [3.8, 4) is 0 Å². The molecule has 3 nitrogen and oxygen atoms in total. The smallest absolute Gasteiger partial charge is 0.261 e. The van der Waals surface area contributed by atoms with Crippen LogP contribution in [0.1, 0.15) is 12.7 Å². The molecule has 0 amide bonds. The van der Waals surface area contributed by atoms with E-state index in [9.17, 15) is 4.79 Å². The zero-order valence-corrected chi connectivity index (χ0v) is 8.39. The molecule has 0 aromatic carbocycles. The maximum atomic E-state index is 11.7. The number of nitrogens with zero attached hydrogens (tertiary/aromatic N) is 2. The molecule has 0 N–H and O–H groups in total. The van der Waals surface area contributed by atoms with Crippen LogP contribution in [0.3, 0.4) is 0 Å². The van der Waals surface area contributed by atoms with Gasteiger partial charge in [0, 0.05) is 13.5 Å². The van der Waals surface area contributed by atoms with E-state index < -0.39 is 0 Å². The summed E-state index contributed by atoms with van der Waals surface area (Å²) in [6.07, 6.45) is 0.791. The Kier molecular flexibility index (Phi) is 1.92. The van der Waals surface area contributed by atoms with E-state index in [2.05, 4.69) is 4.98 Å². The van der Waals surface area contributed by atoms with Gasteiger partial charge in [0.2, 0.25) is 0 Å². The van der Waals surface area contributed by atoms with Gasteiger partial charge >= 0.3 is 0 Å². The van der Waals surface area contributed by atoms with Crippen LogP contribution in [0.15, 0.2) is 16.2 Å². The van der Waals surface area contributed by atoms with Crippen molar-refractivity contribution in [1.29, 1.82) is 0 Å². The van der Waals surface area contributed by atoms with E-state index in [0.717, 1.165) is 22.5 Å². The molecule has 0 saturated carbocycles. The van der Waals surface area contributed by atoms with E-state index in [-0.39, 0.29) is 5.56 Å². The predicted octanol–water partition coefficient (Wildman–Crippen LogP) is 1.56. The first-order chi connectivity index (χ1) is 6.24. The zero-order chi connectivity index (χ0) is 9.42. The highest BCUT2D eigenvalue weighted by atomic mass is 32.1. The Morgan fingerprint density at radius 3 is 3.08 bits per heavy atom. The van der Waals surface area contributed by atoms with Crippen molar-refractivity contribution in [3.05, 3.63) is 27.6 Å². The molecule has 0 atom stereocenters.